The van der Waals surface area contributed by atoms with Gasteiger partial charge in [0.05, 0.1) is 5.69 Å². The molecule has 2 N–H and O–H groups in total. The summed E-state index contributed by atoms with van der Waals surface area (Å²) in [4.78, 5) is 4.30. The van der Waals surface area contributed by atoms with Crippen molar-refractivity contribution in [2.75, 3.05) is 13.1 Å². The second-order valence-electron chi connectivity index (χ2n) is 4.11. The Balaban J connectivity index is 2.05. The van der Waals surface area contributed by atoms with E-state index < -0.39 is 0 Å². The minimum absolute atomic E-state index is 0.577. The Morgan fingerprint density at radius 3 is 2.75 bits per heavy atom. The molecule has 0 aromatic carbocycles. The van der Waals surface area contributed by atoms with Crippen molar-refractivity contribution in [3.8, 4) is 0 Å². The smallest absolute Gasteiger partial charge is 0.0542 e. The van der Waals surface area contributed by atoms with Gasteiger partial charge in [0.15, 0.2) is 0 Å². The van der Waals surface area contributed by atoms with Gasteiger partial charge < -0.3 is 10.6 Å². The first-order valence-electron chi connectivity index (χ1n) is 5.73. The lowest BCUT2D eigenvalue weighted by atomic mass is 10.3. The topological polar surface area (TPSA) is 37.0 Å². The van der Waals surface area contributed by atoms with Crippen LogP contribution in [0.5, 0.6) is 0 Å². The fourth-order valence-electron chi connectivity index (χ4n) is 1.33. The normalized spacial score (nSPS) is 11.0. The number of pyridine rings is 1. The van der Waals surface area contributed by atoms with Gasteiger partial charge >= 0.3 is 0 Å². The molecule has 1 rings (SSSR count). The van der Waals surface area contributed by atoms with Gasteiger partial charge in [0.1, 0.15) is 0 Å². The lowest BCUT2D eigenvalue weighted by molar-refractivity contribution is 0.546. The van der Waals surface area contributed by atoms with Crippen LogP contribution in [-0.2, 0) is 6.54 Å². The molecular weight excluding hydrogens is 266 g/mol. The maximum atomic E-state index is 4.30. The highest BCUT2D eigenvalue weighted by Crippen LogP contribution is 2.06. The number of hydrogen-bond acceptors (Lipinski definition) is 3. The molecule has 1 heterocycles. The monoisotopic (exact) mass is 285 g/mol. The van der Waals surface area contributed by atoms with Crippen molar-refractivity contribution in [2.24, 2.45) is 0 Å². The van der Waals surface area contributed by atoms with E-state index in [0.717, 1.165) is 36.2 Å². The molecule has 1 aromatic heterocycles. The Hall–Kier alpha value is -0.450. The molecule has 1 aromatic rings. The summed E-state index contributed by atoms with van der Waals surface area (Å²) in [5.74, 6) is 0. The molecule has 0 saturated heterocycles. The molecule has 0 fully saturated rings. The SMILES string of the molecule is CC(C)NCCCNCc1ccc(Br)cn1. The van der Waals surface area contributed by atoms with Crippen LogP contribution in [-0.4, -0.2) is 24.1 Å². The molecule has 4 heteroatoms. The standard InChI is InChI=1S/C12H20BrN3/c1-10(2)15-7-3-6-14-9-12-5-4-11(13)8-16-12/h4-5,8,10,14-15H,3,6-7,9H2,1-2H3. The van der Waals surface area contributed by atoms with Crippen molar-refractivity contribution in [3.05, 3.63) is 28.5 Å². The number of aromatic nitrogens is 1. The molecule has 0 aliphatic heterocycles. The summed E-state index contributed by atoms with van der Waals surface area (Å²) in [6.07, 6.45) is 2.98. The Morgan fingerprint density at radius 2 is 2.12 bits per heavy atom. The van der Waals surface area contributed by atoms with E-state index in [1.54, 1.807) is 0 Å². The molecule has 16 heavy (non-hydrogen) atoms. The average Bonchev–Trinajstić information content (AvgIpc) is 2.25. The van der Waals surface area contributed by atoms with Gasteiger partial charge in [-0.25, -0.2) is 0 Å². The molecule has 0 saturated carbocycles. The summed E-state index contributed by atoms with van der Waals surface area (Å²) in [6, 6.07) is 4.63. The summed E-state index contributed by atoms with van der Waals surface area (Å²) < 4.78 is 1.03. The molecule has 0 bridgehead atoms. The van der Waals surface area contributed by atoms with Crippen LogP contribution in [0.1, 0.15) is 26.0 Å². The van der Waals surface area contributed by atoms with Crippen LogP contribution >= 0.6 is 15.9 Å². The molecule has 0 atom stereocenters. The average molecular weight is 286 g/mol. The van der Waals surface area contributed by atoms with E-state index in [1.807, 2.05) is 18.3 Å². The first kappa shape index (κ1) is 13.6. The Labute approximate surface area is 106 Å². The lowest BCUT2D eigenvalue weighted by Crippen LogP contribution is -2.26. The van der Waals surface area contributed by atoms with Crippen molar-refractivity contribution in [1.29, 1.82) is 0 Å². The molecule has 0 unspecified atom stereocenters. The Morgan fingerprint density at radius 1 is 1.31 bits per heavy atom. The maximum Gasteiger partial charge on any atom is 0.0542 e. The zero-order valence-corrected chi connectivity index (χ0v) is 11.5. The van der Waals surface area contributed by atoms with Crippen LogP contribution < -0.4 is 10.6 Å². The zero-order chi connectivity index (χ0) is 11.8. The number of nitrogens with zero attached hydrogens (tertiary/aromatic N) is 1. The van der Waals surface area contributed by atoms with Crippen molar-refractivity contribution in [1.82, 2.24) is 15.6 Å². The van der Waals surface area contributed by atoms with Gasteiger partial charge in [-0.05, 0) is 47.6 Å². The van der Waals surface area contributed by atoms with E-state index in [-0.39, 0.29) is 0 Å². The molecule has 0 radical (unpaired) electrons. The lowest BCUT2D eigenvalue weighted by Gasteiger charge is -2.08. The predicted molar refractivity (Wildman–Crippen MR) is 71.4 cm³/mol. The summed E-state index contributed by atoms with van der Waals surface area (Å²) in [5.41, 5.74) is 1.08. The van der Waals surface area contributed by atoms with E-state index in [1.165, 1.54) is 0 Å². The van der Waals surface area contributed by atoms with Crippen LogP contribution in [0.25, 0.3) is 0 Å². The third-order valence-corrected chi connectivity index (χ3v) is 2.65. The fourth-order valence-corrected chi connectivity index (χ4v) is 1.57. The highest BCUT2D eigenvalue weighted by molar-refractivity contribution is 9.10. The highest BCUT2D eigenvalue weighted by atomic mass is 79.9. The van der Waals surface area contributed by atoms with Crippen molar-refractivity contribution in [3.63, 3.8) is 0 Å². The first-order valence-corrected chi connectivity index (χ1v) is 6.52. The highest BCUT2D eigenvalue weighted by Gasteiger charge is 1.95. The van der Waals surface area contributed by atoms with Gasteiger partial charge in [-0.1, -0.05) is 13.8 Å². The molecule has 0 spiro atoms. The van der Waals surface area contributed by atoms with E-state index in [9.17, 15) is 0 Å². The molecule has 90 valence electrons. The van der Waals surface area contributed by atoms with E-state index in [0.29, 0.717) is 6.04 Å². The van der Waals surface area contributed by atoms with Gasteiger partial charge in [-0.2, -0.15) is 0 Å². The molecule has 0 amide bonds. The summed E-state index contributed by atoms with van der Waals surface area (Å²) in [6.45, 7) is 7.27. The molecule has 0 aliphatic rings. The van der Waals surface area contributed by atoms with E-state index in [4.69, 9.17) is 0 Å². The largest absolute Gasteiger partial charge is 0.314 e. The molecular formula is C12H20BrN3. The van der Waals surface area contributed by atoms with Crippen LogP contribution in [0.3, 0.4) is 0 Å². The van der Waals surface area contributed by atoms with Gasteiger partial charge in [0.2, 0.25) is 0 Å². The predicted octanol–water partition coefficient (Wildman–Crippen LogP) is 2.32. The van der Waals surface area contributed by atoms with Gasteiger partial charge in [-0.15, -0.1) is 0 Å². The Bertz CT molecular complexity index is 285. The molecule has 3 nitrogen and oxygen atoms in total. The quantitative estimate of drug-likeness (QED) is 0.755. The van der Waals surface area contributed by atoms with Gasteiger partial charge in [-0.3, -0.25) is 4.98 Å². The third kappa shape index (κ3) is 6.20. The second-order valence-corrected chi connectivity index (χ2v) is 5.02. The van der Waals surface area contributed by atoms with Crippen molar-refractivity contribution in [2.45, 2.75) is 32.9 Å². The van der Waals surface area contributed by atoms with E-state index >= 15 is 0 Å². The summed E-state index contributed by atoms with van der Waals surface area (Å²) >= 11 is 3.37. The van der Waals surface area contributed by atoms with Crippen molar-refractivity contribution < 1.29 is 0 Å². The van der Waals surface area contributed by atoms with Gasteiger partial charge in [0.25, 0.3) is 0 Å². The Kier molecular flexibility index (Phi) is 6.61. The van der Waals surface area contributed by atoms with Crippen LogP contribution in [0.2, 0.25) is 0 Å². The first-order chi connectivity index (χ1) is 7.68. The zero-order valence-electron chi connectivity index (χ0n) is 9.96. The van der Waals surface area contributed by atoms with Crippen LogP contribution in [0.4, 0.5) is 0 Å². The number of halogens is 1. The maximum absolute atomic E-state index is 4.30. The molecule has 0 aliphatic carbocycles. The number of nitrogens with one attached hydrogen (secondary N) is 2. The second kappa shape index (κ2) is 7.76. The minimum atomic E-state index is 0.577. The van der Waals surface area contributed by atoms with Gasteiger partial charge in [0, 0.05) is 23.3 Å². The number of hydrogen-bond donors (Lipinski definition) is 2. The summed E-state index contributed by atoms with van der Waals surface area (Å²) in [7, 11) is 0. The van der Waals surface area contributed by atoms with Crippen LogP contribution in [0, 0.1) is 0 Å². The summed E-state index contributed by atoms with van der Waals surface area (Å²) in [5, 5.41) is 6.77. The van der Waals surface area contributed by atoms with E-state index in [2.05, 4.69) is 45.4 Å². The fraction of sp³-hybridized carbons (Fsp3) is 0.583. The third-order valence-electron chi connectivity index (χ3n) is 2.18. The van der Waals surface area contributed by atoms with Crippen molar-refractivity contribution >= 4 is 15.9 Å². The van der Waals surface area contributed by atoms with Crippen LogP contribution in [0.15, 0.2) is 22.8 Å². The minimum Gasteiger partial charge on any atom is -0.314 e. The number of rotatable bonds is 7.